The highest BCUT2D eigenvalue weighted by Crippen LogP contribution is 2.56. The first-order chi connectivity index (χ1) is 7.48. The maximum absolute atomic E-state index is 11.2. The van der Waals surface area contributed by atoms with Gasteiger partial charge in [0, 0.05) is 24.5 Å². The molecule has 1 heterocycles. The van der Waals surface area contributed by atoms with Crippen LogP contribution in [0.5, 0.6) is 0 Å². The maximum atomic E-state index is 11.2. The molecule has 0 aromatic rings. The minimum Gasteiger partial charge on any atom is -0.481 e. The summed E-state index contributed by atoms with van der Waals surface area (Å²) in [6.07, 6.45) is 4.10. The molecule has 1 saturated heterocycles. The van der Waals surface area contributed by atoms with Crippen LogP contribution in [0.25, 0.3) is 0 Å². The Balaban J connectivity index is 1.93. The van der Waals surface area contributed by atoms with Crippen molar-refractivity contribution in [1.82, 2.24) is 4.90 Å². The fraction of sp³-hybridized carbons (Fsp3) is 0.923. The summed E-state index contributed by atoms with van der Waals surface area (Å²) in [7, 11) is 0. The predicted octanol–water partition coefficient (Wildman–Crippen LogP) is 2.36. The third kappa shape index (κ3) is 1.56. The Labute approximate surface area is 97.8 Å². The van der Waals surface area contributed by atoms with E-state index >= 15 is 0 Å². The van der Waals surface area contributed by atoms with Crippen molar-refractivity contribution in [2.24, 2.45) is 11.3 Å². The summed E-state index contributed by atoms with van der Waals surface area (Å²) in [6, 6.07) is 0. The van der Waals surface area contributed by atoms with Crippen molar-refractivity contribution >= 4 is 5.97 Å². The van der Waals surface area contributed by atoms with Crippen LogP contribution < -0.4 is 0 Å². The molecule has 0 aromatic carbocycles. The Kier molecular flexibility index (Phi) is 2.77. The molecular formula is C13H23NO2. The normalized spacial score (nSPS) is 25.2. The van der Waals surface area contributed by atoms with Crippen molar-refractivity contribution in [3.63, 3.8) is 0 Å². The lowest BCUT2D eigenvalue weighted by Crippen LogP contribution is -2.61. The number of nitrogens with zero attached hydrogens (tertiary/aromatic N) is 1. The van der Waals surface area contributed by atoms with Crippen molar-refractivity contribution in [2.45, 2.75) is 52.0 Å². The third-order valence-corrected chi connectivity index (χ3v) is 5.16. The van der Waals surface area contributed by atoms with Crippen molar-refractivity contribution < 1.29 is 9.90 Å². The van der Waals surface area contributed by atoms with Gasteiger partial charge in [-0.25, -0.2) is 0 Å². The fourth-order valence-corrected chi connectivity index (χ4v) is 2.90. The van der Waals surface area contributed by atoms with Gasteiger partial charge in [0.15, 0.2) is 0 Å². The highest BCUT2D eigenvalue weighted by Gasteiger charge is 2.60. The van der Waals surface area contributed by atoms with Gasteiger partial charge in [0.2, 0.25) is 0 Å². The molecule has 1 aliphatic carbocycles. The first-order valence-corrected chi connectivity index (χ1v) is 6.47. The zero-order valence-electron chi connectivity index (χ0n) is 10.6. The number of carboxylic acids is 1. The predicted molar refractivity (Wildman–Crippen MR) is 63.4 cm³/mol. The van der Waals surface area contributed by atoms with E-state index in [0.29, 0.717) is 5.92 Å². The molecule has 0 unspecified atom stereocenters. The Morgan fingerprint density at radius 1 is 1.38 bits per heavy atom. The minimum absolute atomic E-state index is 0.283. The van der Waals surface area contributed by atoms with Crippen LogP contribution in [0.1, 0.15) is 46.5 Å². The van der Waals surface area contributed by atoms with Crippen LogP contribution in [0, 0.1) is 11.3 Å². The largest absolute Gasteiger partial charge is 0.481 e. The van der Waals surface area contributed by atoms with Gasteiger partial charge in [-0.05, 0) is 32.6 Å². The molecule has 0 atom stereocenters. The molecule has 0 radical (unpaired) electrons. The van der Waals surface area contributed by atoms with E-state index in [0.717, 1.165) is 38.8 Å². The molecule has 0 amide bonds. The maximum Gasteiger partial charge on any atom is 0.310 e. The van der Waals surface area contributed by atoms with Gasteiger partial charge in [0.1, 0.15) is 0 Å². The summed E-state index contributed by atoms with van der Waals surface area (Å²) in [4.78, 5) is 13.7. The molecular weight excluding hydrogens is 202 g/mol. The van der Waals surface area contributed by atoms with E-state index in [1.807, 2.05) is 0 Å². The van der Waals surface area contributed by atoms with E-state index in [9.17, 15) is 9.90 Å². The van der Waals surface area contributed by atoms with E-state index < -0.39 is 5.97 Å². The number of aliphatic carboxylic acids is 1. The molecule has 1 aliphatic heterocycles. The summed E-state index contributed by atoms with van der Waals surface area (Å²) in [5, 5.41) is 9.22. The number of rotatable bonds is 5. The first kappa shape index (κ1) is 11.9. The highest BCUT2D eigenvalue weighted by atomic mass is 16.4. The lowest BCUT2D eigenvalue weighted by Gasteiger charge is -2.52. The van der Waals surface area contributed by atoms with E-state index in [1.54, 1.807) is 0 Å². The molecule has 0 bridgehead atoms. The topological polar surface area (TPSA) is 40.5 Å². The molecule has 2 fully saturated rings. The smallest absolute Gasteiger partial charge is 0.310 e. The number of carbonyl (C=O) groups is 1. The van der Waals surface area contributed by atoms with E-state index in [1.165, 1.54) is 0 Å². The summed E-state index contributed by atoms with van der Waals surface area (Å²) < 4.78 is 0. The third-order valence-electron chi connectivity index (χ3n) is 5.16. The zero-order chi connectivity index (χ0) is 12.0. The second kappa shape index (κ2) is 3.73. The highest BCUT2D eigenvalue weighted by molar-refractivity contribution is 5.78. The van der Waals surface area contributed by atoms with E-state index in [-0.39, 0.29) is 11.0 Å². The van der Waals surface area contributed by atoms with Gasteiger partial charge < -0.3 is 5.11 Å². The molecule has 3 heteroatoms. The molecule has 3 nitrogen and oxygen atoms in total. The molecule has 2 rings (SSSR count). The number of likely N-dealkylation sites (tertiary alicyclic amines) is 1. The van der Waals surface area contributed by atoms with Crippen LogP contribution in [-0.4, -0.2) is 34.6 Å². The number of carboxylic acid groups (broad SMARTS) is 1. The standard InChI is InChI=1S/C13H23NO2/c1-4-12(3,5-2)14-8-10(9-14)13(6-7-13)11(15)16/h10H,4-9H2,1-3H3,(H,15,16). The average Bonchev–Trinajstić information content (AvgIpc) is 2.96. The van der Waals surface area contributed by atoms with E-state index in [4.69, 9.17) is 0 Å². The SMILES string of the molecule is CCC(C)(CC)N1CC(C2(C(=O)O)CC2)C1. The molecule has 1 saturated carbocycles. The quantitative estimate of drug-likeness (QED) is 0.781. The molecule has 0 spiro atoms. The molecule has 1 N–H and O–H groups in total. The molecule has 2 aliphatic rings. The van der Waals surface area contributed by atoms with Crippen LogP contribution in [0.4, 0.5) is 0 Å². The minimum atomic E-state index is -0.563. The Bertz CT molecular complexity index is 286. The second-order valence-corrected chi connectivity index (χ2v) is 5.77. The summed E-state index contributed by atoms with van der Waals surface area (Å²) >= 11 is 0. The van der Waals surface area contributed by atoms with E-state index in [2.05, 4.69) is 25.7 Å². The molecule has 0 aromatic heterocycles. The Morgan fingerprint density at radius 2 is 1.88 bits per heavy atom. The van der Waals surface area contributed by atoms with Gasteiger partial charge in [-0.1, -0.05) is 13.8 Å². The summed E-state index contributed by atoms with van der Waals surface area (Å²) in [5.41, 5.74) is -0.0516. The Morgan fingerprint density at radius 3 is 2.19 bits per heavy atom. The van der Waals surface area contributed by atoms with Gasteiger partial charge in [-0.15, -0.1) is 0 Å². The summed E-state index contributed by atoms with van der Waals surface area (Å²) in [6.45, 7) is 8.72. The monoisotopic (exact) mass is 225 g/mol. The van der Waals surface area contributed by atoms with Crippen molar-refractivity contribution in [2.75, 3.05) is 13.1 Å². The van der Waals surface area contributed by atoms with Gasteiger partial charge in [0.25, 0.3) is 0 Å². The van der Waals surface area contributed by atoms with Crippen LogP contribution in [-0.2, 0) is 4.79 Å². The number of hydrogen-bond acceptors (Lipinski definition) is 2. The average molecular weight is 225 g/mol. The van der Waals surface area contributed by atoms with Crippen molar-refractivity contribution in [3.05, 3.63) is 0 Å². The van der Waals surface area contributed by atoms with Crippen molar-refractivity contribution in [1.29, 1.82) is 0 Å². The lowest BCUT2D eigenvalue weighted by atomic mass is 9.78. The van der Waals surface area contributed by atoms with Crippen LogP contribution >= 0.6 is 0 Å². The van der Waals surface area contributed by atoms with Gasteiger partial charge in [-0.3, -0.25) is 9.69 Å². The van der Waals surface area contributed by atoms with Gasteiger partial charge >= 0.3 is 5.97 Å². The Hall–Kier alpha value is -0.570. The van der Waals surface area contributed by atoms with Crippen LogP contribution in [0.15, 0.2) is 0 Å². The van der Waals surface area contributed by atoms with Gasteiger partial charge in [0.05, 0.1) is 5.41 Å². The molecule has 92 valence electrons. The van der Waals surface area contributed by atoms with Crippen molar-refractivity contribution in [3.8, 4) is 0 Å². The van der Waals surface area contributed by atoms with Crippen LogP contribution in [0.2, 0.25) is 0 Å². The second-order valence-electron chi connectivity index (χ2n) is 5.77. The zero-order valence-corrected chi connectivity index (χ0v) is 10.6. The summed E-state index contributed by atoms with van der Waals surface area (Å²) in [5.74, 6) is -0.158. The van der Waals surface area contributed by atoms with Gasteiger partial charge in [-0.2, -0.15) is 0 Å². The lowest BCUT2D eigenvalue weighted by molar-refractivity contribution is -0.151. The first-order valence-electron chi connectivity index (χ1n) is 6.47. The number of hydrogen-bond donors (Lipinski definition) is 1. The fourth-order valence-electron chi connectivity index (χ4n) is 2.90. The molecule has 16 heavy (non-hydrogen) atoms. The van der Waals surface area contributed by atoms with Crippen LogP contribution in [0.3, 0.4) is 0 Å².